The van der Waals surface area contributed by atoms with E-state index in [0.717, 1.165) is 11.1 Å². The summed E-state index contributed by atoms with van der Waals surface area (Å²) in [6.45, 7) is 4.49. The Bertz CT molecular complexity index is 851. The molecule has 0 N–H and O–H groups in total. The first-order valence-electron chi connectivity index (χ1n) is 8.74. The number of methoxy groups -OCH3 is 2. The van der Waals surface area contributed by atoms with Crippen molar-refractivity contribution in [3.8, 4) is 17.6 Å². The predicted octanol–water partition coefficient (Wildman–Crippen LogP) is 4.20. The van der Waals surface area contributed by atoms with Crippen LogP contribution in [-0.4, -0.2) is 31.6 Å². The van der Waals surface area contributed by atoms with Crippen molar-refractivity contribution in [2.24, 2.45) is 0 Å². The molecule has 0 bridgehead atoms. The standard InChI is InChI=1S/C22H24N2O3/c1-5-24(16(2)18-8-6-17(15-23)7-9-18)22(25)13-11-19-10-12-20(26-3)14-21(19)27-4/h6-14,16H,5H2,1-4H3/b13-11+. The van der Waals surface area contributed by atoms with Crippen LogP contribution in [0.5, 0.6) is 11.5 Å². The Hall–Kier alpha value is -3.26. The Morgan fingerprint density at radius 3 is 2.44 bits per heavy atom. The van der Waals surface area contributed by atoms with Gasteiger partial charge in [0.15, 0.2) is 0 Å². The molecule has 0 heterocycles. The quantitative estimate of drug-likeness (QED) is 0.691. The van der Waals surface area contributed by atoms with Crippen molar-refractivity contribution in [3.63, 3.8) is 0 Å². The van der Waals surface area contributed by atoms with E-state index in [9.17, 15) is 4.79 Å². The molecule has 0 aliphatic rings. The average Bonchev–Trinajstić information content (AvgIpc) is 2.72. The maximum atomic E-state index is 12.7. The van der Waals surface area contributed by atoms with Crippen LogP contribution in [0.4, 0.5) is 0 Å². The number of nitriles is 1. The van der Waals surface area contributed by atoms with Crippen molar-refractivity contribution in [2.45, 2.75) is 19.9 Å². The molecular weight excluding hydrogens is 340 g/mol. The lowest BCUT2D eigenvalue weighted by Gasteiger charge is -2.27. The molecule has 1 amide bonds. The lowest BCUT2D eigenvalue weighted by Crippen LogP contribution is -2.32. The third-order valence-electron chi connectivity index (χ3n) is 4.46. The summed E-state index contributed by atoms with van der Waals surface area (Å²) in [5.41, 5.74) is 2.39. The zero-order valence-electron chi connectivity index (χ0n) is 16.1. The third-order valence-corrected chi connectivity index (χ3v) is 4.46. The molecule has 2 rings (SSSR count). The van der Waals surface area contributed by atoms with Gasteiger partial charge in [-0.05, 0) is 49.8 Å². The van der Waals surface area contributed by atoms with Gasteiger partial charge in [-0.25, -0.2) is 0 Å². The van der Waals surface area contributed by atoms with Gasteiger partial charge in [-0.2, -0.15) is 5.26 Å². The second-order valence-electron chi connectivity index (χ2n) is 5.98. The normalized spacial score (nSPS) is 11.7. The van der Waals surface area contributed by atoms with Crippen LogP contribution in [0.3, 0.4) is 0 Å². The lowest BCUT2D eigenvalue weighted by atomic mass is 10.0. The summed E-state index contributed by atoms with van der Waals surface area (Å²) in [5, 5.41) is 8.92. The number of carbonyl (C=O) groups is 1. The summed E-state index contributed by atoms with van der Waals surface area (Å²) in [7, 11) is 3.18. The topological polar surface area (TPSA) is 62.6 Å². The van der Waals surface area contributed by atoms with Gasteiger partial charge >= 0.3 is 0 Å². The summed E-state index contributed by atoms with van der Waals surface area (Å²) in [5.74, 6) is 1.24. The fourth-order valence-electron chi connectivity index (χ4n) is 2.85. The first-order chi connectivity index (χ1) is 13.0. The number of ether oxygens (including phenoxy) is 2. The van der Waals surface area contributed by atoms with Crippen molar-refractivity contribution < 1.29 is 14.3 Å². The third kappa shape index (κ3) is 4.89. The zero-order valence-corrected chi connectivity index (χ0v) is 16.1. The monoisotopic (exact) mass is 364 g/mol. The maximum Gasteiger partial charge on any atom is 0.247 e. The average molecular weight is 364 g/mol. The molecule has 27 heavy (non-hydrogen) atoms. The van der Waals surface area contributed by atoms with E-state index in [0.29, 0.717) is 23.6 Å². The zero-order chi connectivity index (χ0) is 19.8. The van der Waals surface area contributed by atoms with Gasteiger partial charge in [0.1, 0.15) is 11.5 Å². The van der Waals surface area contributed by atoms with Gasteiger partial charge in [-0.3, -0.25) is 4.79 Å². The Balaban J connectivity index is 2.18. The largest absolute Gasteiger partial charge is 0.497 e. The van der Waals surface area contributed by atoms with E-state index in [1.165, 1.54) is 0 Å². The van der Waals surface area contributed by atoms with Gasteiger partial charge < -0.3 is 14.4 Å². The maximum absolute atomic E-state index is 12.7. The minimum atomic E-state index is -0.0994. The highest BCUT2D eigenvalue weighted by Gasteiger charge is 2.18. The van der Waals surface area contributed by atoms with E-state index in [1.54, 1.807) is 49.5 Å². The molecule has 5 nitrogen and oxygen atoms in total. The highest BCUT2D eigenvalue weighted by Crippen LogP contribution is 2.26. The Kier molecular flexibility index (Phi) is 7.01. The molecule has 2 aromatic carbocycles. The summed E-state index contributed by atoms with van der Waals surface area (Å²) in [4.78, 5) is 14.5. The van der Waals surface area contributed by atoms with Crippen LogP contribution in [-0.2, 0) is 4.79 Å². The van der Waals surface area contributed by atoms with E-state index in [4.69, 9.17) is 14.7 Å². The highest BCUT2D eigenvalue weighted by molar-refractivity contribution is 5.92. The second kappa shape index (κ2) is 9.44. The Morgan fingerprint density at radius 2 is 1.89 bits per heavy atom. The molecule has 0 aromatic heterocycles. The van der Waals surface area contributed by atoms with Crippen molar-refractivity contribution in [1.29, 1.82) is 5.26 Å². The minimum Gasteiger partial charge on any atom is -0.497 e. The first kappa shape index (κ1) is 20.1. The molecule has 0 aliphatic heterocycles. The molecule has 0 fully saturated rings. The lowest BCUT2D eigenvalue weighted by molar-refractivity contribution is -0.127. The van der Waals surface area contributed by atoms with Crippen molar-refractivity contribution in [2.75, 3.05) is 20.8 Å². The van der Waals surface area contributed by atoms with Crippen molar-refractivity contribution >= 4 is 12.0 Å². The number of carbonyl (C=O) groups excluding carboxylic acids is 1. The van der Waals surface area contributed by atoms with E-state index < -0.39 is 0 Å². The van der Waals surface area contributed by atoms with Gasteiger partial charge in [-0.15, -0.1) is 0 Å². The van der Waals surface area contributed by atoms with Crippen LogP contribution in [0.1, 0.15) is 36.6 Å². The number of amides is 1. The molecular formula is C22H24N2O3. The number of hydrogen-bond donors (Lipinski definition) is 0. The van der Waals surface area contributed by atoms with E-state index in [1.807, 2.05) is 38.1 Å². The molecule has 140 valence electrons. The molecule has 5 heteroatoms. The van der Waals surface area contributed by atoms with E-state index >= 15 is 0 Å². The highest BCUT2D eigenvalue weighted by atomic mass is 16.5. The van der Waals surface area contributed by atoms with Crippen LogP contribution in [0, 0.1) is 11.3 Å². The van der Waals surface area contributed by atoms with Crippen molar-refractivity contribution in [1.82, 2.24) is 4.90 Å². The summed E-state index contributed by atoms with van der Waals surface area (Å²) in [6, 6.07) is 14.8. The van der Waals surface area contributed by atoms with Crippen LogP contribution < -0.4 is 9.47 Å². The number of rotatable bonds is 7. The molecule has 0 radical (unpaired) electrons. The Morgan fingerprint density at radius 1 is 1.19 bits per heavy atom. The molecule has 1 atom stereocenters. The van der Waals surface area contributed by atoms with Crippen molar-refractivity contribution in [3.05, 3.63) is 65.2 Å². The van der Waals surface area contributed by atoms with Gasteiger partial charge in [0.05, 0.1) is 31.9 Å². The molecule has 1 unspecified atom stereocenters. The van der Waals surface area contributed by atoms with E-state index in [-0.39, 0.29) is 11.9 Å². The summed E-state index contributed by atoms with van der Waals surface area (Å²) in [6.07, 6.45) is 3.29. The summed E-state index contributed by atoms with van der Waals surface area (Å²) < 4.78 is 10.6. The fourth-order valence-corrected chi connectivity index (χ4v) is 2.85. The van der Waals surface area contributed by atoms with Gasteiger partial charge in [-0.1, -0.05) is 12.1 Å². The van der Waals surface area contributed by atoms with Crippen LogP contribution in [0.2, 0.25) is 0 Å². The van der Waals surface area contributed by atoms with E-state index in [2.05, 4.69) is 6.07 Å². The molecule has 0 saturated heterocycles. The van der Waals surface area contributed by atoms with Gasteiger partial charge in [0.2, 0.25) is 5.91 Å². The first-order valence-corrected chi connectivity index (χ1v) is 8.74. The number of hydrogen-bond acceptors (Lipinski definition) is 4. The number of likely N-dealkylation sites (N-methyl/N-ethyl adjacent to an activating group) is 1. The summed E-state index contributed by atoms with van der Waals surface area (Å²) >= 11 is 0. The Labute approximate surface area is 160 Å². The number of benzene rings is 2. The fraction of sp³-hybridized carbons (Fsp3) is 0.273. The minimum absolute atomic E-state index is 0.0905. The van der Waals surface area contributed by atoms with Crippen LogP contribution in [0.25, 0.3) is 6.08 Å². The smallest absolute Gasteiger partial charge is 0.247 e. The van der Waals surface area contributed by atoms with Gasteiger partial charge in [0.25, 0.3) is 0 Å². The van der Waals surface area contributed by atoms with Crippen LogP contribution >= 0.6 is 0 Å². The van der Waals surface area contributed by atoms with Crippen LogP contribution in [0.15, 0.2) is 48.5 Å². The SMILES string of the molecule is CCN(C(=O)/C=C/c1ccc(OC)cc1OC)C(C)c1ccc(C#N)cc1. The second-order valence-corrected chi connectivity index (χ2v) is 5.98. The molecule has 0 aliphatic carbocycles. The molecule has 0 saturated carbocycles. The van der Waals surface area contributed by atoms with Gasteiger partial charge in [0, 0.05) is 24.3 Å². The molecule has 0 spiro atoms. The predicted molar refractivity (Wildman–Crippen MR) is 106 cm³/mol. The number of nitrogens with zero attached hydrogens (tertiary/aromatic N) is 2. The molecule has 2 aromatic rings.